The van der Waals surface area contributed by atoms with Gasteiger partial charge in [-0.25, -0.2) is 4.98 Å². The monoisotopic (exact) mass is 637 g/mol. The molecule has 0 radical (unpaired) electrons. The molecule has 4 atom stereocenters. The van der Waals surface area contributed by atoms with E-state index in [-0.39, 0.29) is 24.0 Å². The molecule has 1 fully saturated rings. The third kappa shape index (κ3) is 5.76. The van der Waals surface area contributed by atoms with Crippen molar-refractivity contribution in [2.75, 3.05) is 24.4 Å². The standard InChI is InChI=1S/C25H26ClN5O9P2/c26-24-29-21(28-16-6-5-15-9-14-3-1-2-4-17(14)18(15)10-16)19-22(30-24)31(12-27-19)23-20(32)25(33,11-39-23)7-8-40-42(37,38)13-41(34,35)36/h1-6,10,12,20,23,32-33H,7-9,11,13H2,(H,37,38)(H,28,29,30)(H2,34,35,36)/t20?,23-,25?/m1/s1. The van der Waals surface area contributed by atoms with Crippen molar-refractivity contribution in [3.05, 3.63) is 65.2 Å². The van der Waals surface area contributed by atoms with Crippen LogP contribution in [0.15, 0.2) is 48.8 Å². The molecule has 0 saturated carbocycles. The van der Waals surface area contributed by atoms with Crippen molar-refractivity contribution < 1.29 is 43.3 Å². The number of aliphatic hydroxyl groups excluding tert-OH is 1. The molecule has 14 nitrogen and oxygen atoms in total. The molecule has 1 aliphatic heterocycles. The number of fused-ring (bicyclic) bond motifs is 4. The molecule has 2 aromatic heterocycles. The van der Waals surface area contributed by atoms with Crippen molar-refractivity contribution >= 4 is 49.5 Å². The summed E-state index contributed by atoms with van der Waals surface area (Å²) in [7, 11) is -9.44. The predicted octanol–water partition coefficient (Wildman–Crippen LogP) is 3.14. The maximum atomic E-state index is 11.9. The van der Waals surface area contributed by atoms with Crippen LogP contribution in [-0.2, 0) is 24.8 Å². The van der Waals surface area contributed by atoms with Gasteiger partial charge in [-0.15, -0.1) is 0 Å². The van der Waals surface area contributed by atoms with Crippen molar-refractivity contribution in [3.8, 4) is 11.1 Å². The van der Waals surface area contributed by atoms with Crippen LogP contribution in [0.4, 0.5) is 11.5 Å². The Bertz CT molecular complexity index is 1780. The molecule has 2 aliphatic rings. The van der Waals surface area contributed by atoms with Gasteiger partial charge in [0.25, 0.3) is 0 Å². The van der Waals surface area contributed by atoms with E-state index in [0.29, 0.717) is 11.3 Å². The number of anilines is 2. The van der Waals surface area contributed by atoms with Gasteiger partial charge in [0.05, 0.1) is 19.5 Å². The summed E-state index contributed by atoms with van der Waals surface area (Å²) in [6, 6.07) is 14.2. The second-order valence-corrected chi connectivity index (χ2v) is 14.6. The highest BCUT2D eigenvalue weighted by molar-refractivity contribution is 7.70. The molecule has 1 aliphatic carbocycles. The molecule has 6 N–H and O–H groups in total. The Balaban J connectivity index is 1.21. The molecule has 2 aromatic carbocycles. The molecule has 222 valence electrons. The molecule has 1 saturated heterocycles. The molecule has 3 unspecified atom stereocenters. The first-order valence-corrected chi connectivity index (χ1v) is 16.7. The topological polar surface area (TPSA) is 209 Å². The van der Waals surface area contributed by atoms with E-state index in [4.69, 9.17) is 30.6 Å². The van der Waals surface area contributed by atoms with Crippen LogP contribution in [0.25, 0.3) is 22.3 Å². The van der Waals surface area contributed by atoms with Gasteiger partial charge in [0.1, 0.15) is 11.7 Å². The predicted molar refractivity (Wildman–Crippen MR) is 152 cm³/mol. The third-order valence-electron chi connectivity index (χ3n) is 7.24. The summed E-state index contributed by atoms with van der Waals surface area (Å²) in [5, 5.41) is 25.1. The number of rotatable bonds is 9. The minimum absolute atomic E-state index is 0.0989. The van der Waals surface area contributed by atoms with Gasteiger partial charge >= 0.3 is 15.2 Å². The quantitative estimate of drug-likeness (QED) is 0.101. The van der Waals surface area contributed by atoms with Crippen molar-refractivity contribution in [2.45, 2.75) is 30.8 Å². The maximum absolute atomic E-state index is 11.9. The smallest absolute Gasteiger partial charge is 0.340 e. The zero-order valence-corrected chi connectivity index (χ0v) is 24.3. The molecule has 0 bridgehead atoms. The average molecular weight is 638 g/mol. The lowest BCUT2D eigenvalue weighted by molar-refractivity contribution is -0.0698. The fraction of sp³-hybridized carbons (Fsp3) is 0.320. The highest BCUT2D eigenvalue weighted by atomic mass is 35.5. The average Bonchev–Trinajstić information content (AvgIpc) is 3.56. The van der Waals surface area contributed by atoms with E-state index in [2.05, 4.69) is 32.4 Å². The Labute approximate surface area is 243 Å². The minimum Gasteiger partial charge on any atom is -0.385 e. The Hall–Kier alpha value is -2.74. The first-order valence-electron chi connectivity index (χ1n) is 12.7. The van der Waals surface area contributed by atoms with E-state index in [0.717, 1.165) is 17.7 Å². The number of ether oxygens (including phenoxy) is 1. The molecular formula is C25H26ClN5O9P2. The molecule has 42 heavy (non-hydrogen) atoms. The number of aliphatic hydroxyl groups is 2. The number of nitrogens with one attached hydrogen (secondary N) is 1. The van der Waals surface area contributed by atoms with Crippen molar-refractivity contribution in [1.29, 1.82) is 0 Å². The molecule has 3 heterocycles. The van der Waals surface area contributed by atoms with Gasteiger partial charge in [-0.3, -0.25) is 13.7 Å². The first-order chi connectivity index (χ1) is 19.8. The molecule has 17 heteroatoms. The number of imidazole rings is 1. The molecule has 0 spiro atoms. The van der Waals surface area contributed by atoms with Crippen LogP contribution in [0, 0.1) is 0 Å². The second-order valence-electron chi connectivity index (χ2n) is 10.3. The van der Waals surface area contributed by atoms with E-state index in [1.807, 2.05) is 30.3 Å². The number of aromatic nitrogens is 4. The number of halogens is 1. The lowest BCUT2D eigenvalue weighted by Crippen LogP contribution is -2.43. The fourth-order valence-electron chi connectivity index (χ4n) is 5.26. The molecular weight excluding hydrogens is 612 g/mol. The summed E-state index contributed by atoms with van der Waals surface area (Å²) >= 11 is 6.26. The normalized spacial score (nSPS) is 23.1. The van der Waals surface area contributed by atoms with Crippen LogP contribution in [0.2, 0.25) is 5.28 Å². The van der Waals surface area contributed by atoms with E-state index in [1.165, 1.54) is 27.6 Å². The zero-order valence-electron chi connectivity index (χ0n) is 21.7. The highest BCUT2D eigenvalue weighted by Gasteiger charge is 2.49. The Morgan fingerprint density at radius 1 is 1.12 bits per heavy atom. The van der Waals surface area contributed by atoms with E-state index in [9.17, 15) is 24.2 Å². The van der Waals surface area contributed by atoms with Crippen molar-refractivity contribution in [2.24, 2.45) is 0 Å². The summed E-state index contributed by atoms with van der Waals surface area (Å²) in [5.41, 5.74) is 4.13. The summed E-state index contributed by atoms with van der Waals surface area (Å²) in [4.78, 5) is 40.5. The van der Waals surface area contributed by atoms with Gasteiger partial charge in [0.2, 0.25) is 5.28 Å². The largest absolute Gasteiger partial charge is 0.385 e. The summed E-state index contributed by atoms with van der Waals surface area (Å²) < 4.78 is 34.7. The van der Waals surface area contributed by atoms with Crippen LogP contribution in [-0.4, -0.2) is 75.2 Å². The molecule has 4 aromatic rings. The Kier molecular flexibility index (Phi) is 7.52. The van der Waals surface area contributed by atoms with E-state index >= 15 is 0 Å². The SMILES string of the molecule is O=P(O)(O)CP(=O)(O)OCCC1(O)CO[C@@H](n2cnc3c(Nc4ccc5c(c4)-c4ccccc4C5)nc(Cl)nc32)C1O. The summed E-state index contributed by atoms with van der Waals surface area (Å²) in [6.45, 7) is -0.952. The van der Waals surface area contributed by atoms with Crippen molar-refractivity contribution in [1.82, 2.24) is 19.5 Å². The lowest BCUT2D eigenvalue weighted by atomic mass is 9.95. The number of hydrogen-bond donors (Lipinski definition) is 6. The van der Waals surface area contributed by atoms with Crippen LogP contribution >= 0.6 is 26.8 Å². The van der Waals surface area contributed by atoms with Gasteiger partial charge < -0.3 is 39.5 Å². The van der Waals surface area contributed by atoms with E-state index in [1.54, 1.807) is 0 Å². The highest BCUT2D eigenvalue weighted by Crippen LogP contribution is 2.55. The molecule has 6 rings (SSSR count). The Morgan fingerprint density at radius 2 is 1.88 bits per heavy atom. The van der Waals surface area contributed by atoms with Gasteiger partial charge in [0.15, 0.2) is 29.1 Å². The fourth-order valence-corrected chi connectivity index (χ4v) is 7.99. The summed E-state index contributed by atoms with van der Waals surface area (Å²) in [5.74, 6) is -1.05. The number of benzene rings is 2. The molecule has 0 amide bonds. The van der Waals surface area contributed by atoms with Crippen LogP contribution in [0.5, 0.6) is 0 Å². The van der Waals surface area contributed by atoms with Gasteiger partial charge in [0, 0.05) is 12.1 Å². The van der Waals surface area contributed by atoms with Gasteiger partial charge in [-0.1, -0.05) is 30.3 Å². The zero-order chi connectivity index (χ0) is 29.9. The van der Waals surface area contributed by atoms with Crippen LogP contribution < -0.4 is 5.32 Å². The summed E-state index contributed by atoms with van der Waals surface area (Å²) in [6.07, 6.45) is -0.869. The third-order valence-corrected chi connectivity index (χ3v) is 10.9. The van der Waals surface area contributed by atoms with E-state index < -0.39 is 45.6 Å². The minimum atomic E-state index is -4.81. The van der Waals surface area contributed by atoms with Gasteiger partial charge in [-0.05, 0) is 52.4 Å². The van der Waals surface area contributed by atoms with Crippen LogP contribution in [0.1, 0.15) is 23.8 Å². The van der Waals surface area contributed by atoms with Crippen molar-refractivity contribution in [3.63, 3.8) is 0 Å². The Morgan fingerprint density at radius 3 is 2.67 bits per heavy atom. The first kappa shape index (κ1) is 29.3. The lowest BCUT2D eigenvalue weighted by Gasteiger charge is -2.26. The number of hydrogen-bond acceptors (Lipinski definition) is 10. The van der Waals surface area contributed by atoms with Crippen LogP contribution in [0.3, 0.4) is 0 Å². The second kappa shape index (κ2) is 10.8. The number of nitrogens with zero attached hydrogens (tertiary/aromatic N) is 4. The van der Waals surface area contributed by atoms with Gasteiger partial charge in [-0.2, -0.15) is 9.97 Å². The maximum Gasteiger partial charge on any atom is 0.340 e.